The van der Waals surface area contributed by atoms with E-state index in [1.165, 1.54) is 0 Å². The van der Waals surface area contributed by atoms with Crippen LogP contribution in [0, 0.1) is 0 Å². The molecular formula is C13H17ClN2O3. The molecule has 2 heterocycles. The number of aromatic hydroxyl groups is 1. The summed E-state index contributed by atoms with van der Waals surface area (Å²) in [5.41, 5.74) is 0.813. The Bertz CT molecular complexity index is 475. The number of halogens is 1. The molecule has 3 rings (SSSR count). The van der Waals surface area contributed by atoms with Crippen LogP contribution in [-0.4, -0.2) is 49.5 Å². The number of phenolic OH excluding ortho intramolecular Hbond substituents is 1. The maximum Gasteiger partial charge on any atom is 0.231 e. The maximum absolute atomic E-state index is 10.1. The van der Waals surface area contributed by atoms with E-state index >= 15 is 0 Å². The van der Waals surface area contributed by atoms with E-state index in [0.29, 0.717) is 11.5 Å². The average molecular weight is 285 g/mol. The van der Waals surface area contributed by atoms with Gasteiger partial charge in [-0.15, -0.1) is 0 Å². The molecule has 0 spiro atoms. The monoisotopic (exact) mass is 284 g/mol. The van der Waals surface area contributed by atoms with Crippen LogP contribution in [0.3, 0.4) is 0 Å². The summed E-state index contributed by atoms with van der Waals surface area (Å²) in [6.45, 7) is 5.20. The van der Waals surface area contributed by atoms with Crippen molar-refractivity contribution in [3.8, 4) is 17.2 Å². The first kappa shape index (κ1) is 12.8. The predicted octanol–water partition coefficient (Wildman–Crippen LogP) is 1.22. The minimum Gasteiger partial charge on any atom is -0.506 e. The molecule has 1 fully saturated rings. The first-order valence-corrected chi connectivity index (χ1v) is 6.86. The first-order valence-electron chi connectivity index (χ1n) is 6.48. The van der Waals surface area contributed by atoms with Crippen LogP contribution in [0.5, 0.6) is 17.2 Å². The van der Waals surface area contributed by atoms with Gasteiger partial charge in [-0.1, -0.05) is 11.6 Å². The first-order chi connectivity index (χ1) is 9.25. The second kappa shape index (κ2) is 5.45. The minimum absolute atomic E-state index is 0.112. The van der Waals surface area contributed by atoms with Crippen LogP contribution in [-0.2, 0) is 6.42 Å². The molecule has 0 aliphatic carbocycles. The third kappa shape index (κ3) is 2.59. The Kier molecular flexibility index (Phi) is 3.68. The molecule has 0 radical (unpaired) electrons. The number of nitrogens with zero attached hydrogens (tertiary/aromatic N) is 1. The van der Waals surface area contributed by atoms with Gasteiger partial charge in [0.15, 0.2) is 11.5 Å². The lowest BCUT2D eigenvalue weighted by Gasteiger charge is -2.27. The second-order valence-corrected chi connectivity index (χ2v) is 5.15. The topological polar surface area (TPSA) is 54.0 Å². The predicted molar refractivity (Wildman–Crippen MR) is 72.3 cm³/mol. The molecule has 2 aliphatic heterocycles. The molecule has 104 valence electrons. The summed E-state index contributed by atoms with van der Waals surface area (Å²) in [5.74, 6) is 1.18. The number of fused-ring (bicyclic) bond motifs is 1. The summed E-state index contributed by atoms with van der Waals surface area (Å²) in [6, 6.07) is 1.83. The van der Waals surface area contributed by atoms with Gasteiger partial charge in [-0.25, -0.2) is 0 Å². The van der Waals surface area contributed by atoms with Gasteiger partial charge in [0, 0.05) is 38.3 Å². The van der Waals surface area contributed by atoms with E-state index in [-0.39, 0.29) is 17.6 Å². The number of nitrogens with one attached hydrogen (secondary N) is 1. The van der Waals surface area contributed by atoms with E-state index in [1.54, 1.807) is 0 Å². The van der Waals surface area contributed by atoms with Gasteiger partial charge >= 0.3 is 0 Å². The van der Waals surface area contributed by atoms with Crippen LogP contribution in [0.15, 0.2) is 6.07 Å². The van der Waals surface area contributed by atoms with E-state index in [9.17, 15) is 5.11 Å². The third-order valence-electron chi connectivity index (χ3n) is 3.57. The molecule has 6 heteroatoms. The molecule has 0 aromatic heterocycles. The lowest BCUT2D eigenvalue weighted by Crippen LogP contribution is -2.44. The van der Waals surface area contributed by atoms with Crippen molar-refractivity contribution >= 4 is 11.6 Å². The Morgan fingerprint density at radius 3 is 2.89 bits per heavy atom. The van der Waals surface area contributed by atoms with Gasteiger partial charge in [-0.05, 0) is 12.5 Å². The Balaban J connectivity index is 1.72. The van der Waals surface area contributed by atoms with E-state index in [0.717, 1.165) is 44.7 Å². The zero-order valence-corrected chi connectivity index (χ0v) is 11.4. The van der Waals surface area contributed by atoms with E-state index in [4.69, 9.17) is 21.1 Å². The summed E-state index contributed by atoms with van der Waals surface area (Å²) in [4.78, 5) is 2.37. The van der Waals surface area contributed by atoms with E-state index < -0.39 is 0 Å². The number of rotatable bonds is 3. The SMILES string of the molecule is Oc1c(CCN2CCNCC2)cc2c(c1Cl)OCO2. The highest BCUT2D eigenvalue weighted by atomic mass is 35.5. The molecule has 5 nitrogen and oxygen atoms in total. The number of hydrogen-bond acceptors (Lipinski definition) is 5. The number of hydrogen-bond donors (Lipinski definition) is 2. The lowest BCUT2D eigenvalue weighted by atomic mass is 10.1. The van der Waals surface area contributed by atoms with Crippen molar-refractivity contribution in [3.05, 3.63) is 16.7 Å². The highest BCUT2D eigenvalue weighted by Gasteiger charge is 2.23. The van der Waals surface area contributed by atoms with Gasteiger partial charge < -0.3 is 24.8 Å². The minimum atomic E-state index is 0.112. The standard InChI is InChI=1S/C13H17ClN2O3/c14-11-12(17)9(7-10-13(11)19-8-18-10)1-4-16-5-2-15-3-6-16/h7,15,17H,1-6,8H2. The van der Waals surface area contributed by atoms with Crippen LogP contribution < -0.4 is 14.8 Å². The highest BCUT2D eigenvalue weighted by molar-refractivity contribution is 6.34. The molecule has 1 aromatic carbocycles. The largest absolute Gasteiger partial charge is 0.506 e. The molecule has 0 saturated carbocycles. The normalized spacial score (nSPS) is 18.8. The van der Waals surface area contributed by atoms with Gasteiger partial charge in [0.2, 0.25) is 6.79 Å². The van der Waals surface area contributed by atoms with Crippen molar-refractivity contribution in [2.45, 2.75) is 6.42 Å². The van der Waals surface area contributed by atoms with Gasteiger partial charge in [0.25, 0.3) is 0 Å². The Hall–Kier alpha value is -1.17. The molecule has 2 aliphatic rings. The summed E-state index contributed by atoms with van der Waals surface area (Å²) in [7, 11) is 0. The van der Waals surface area contributed by atoms with Crippen molar-refractivity contribution in [1.82, 2.24) is 10.2 Å². The maximum atomic E-state index is 10.1. The van der Waals surface area contributed by atoms with Crippen molar-refractivity contribution in [1.29, 1.82) is 0 Å². The second-order valence-electron chi connectivity index (χ2n) is 4.77. The van der Waals surface area contributed by atoms with Gasteiger partial charge in [0.1, 0.15) is 10.8 Å². The summed E-state index contributed by atoms with van der Waals surface area (Å²) in [6.07, 6.45) is 0.752. The number of phenols is 1. The van der Waals surface area contributed by atoms with E-state index in [2.05, 4.69) is 10.2 Å². The molecule has 19 heavy (non-hydrogen) atoms. The molecule has 0 unspecified atom stereocenters. The van der Waals surface area contributed by atoms with Crippen LogP contribution in [0.25, 0.3) is 0 Å². The Morgan fingerprint density at radius 2 is 2.11 bits per heavy atom. The van der Waals surface area contributed by atoms with Crippen LogP contribution in [0.1, 0.15) is 5.56 Å². The number of piperazine rings is 1. The van der Waals surface area contributed by atoms with E-state index in [1.807, 2.05) is 6.07 Å². The van der Waals surface area contributed by atoms with Crippen molar-refractivity contribution < 1.29 is 14.6 Å². The molecule has 0 atom stereocenters. The fourth-order valence-electron chi connectivity index (χ4n) is 2.45. The third-order valence-corrected chi connectivity index (χ3v) is 3.92. The molecule has 1 saturated heterocycles. The van der Waals surface area contributed by atoms with Crippen LogP contribution in [0.4, 0.5) is 0 Å². The van der Waals surface area contributed by atoms with Gasteiger partial charge in [0.05, 0.1) is 0 Å². The molecule has 0 amide bonds. The summed E-state index contributed by atoms with van der Waals surface area (Å²) >= 11 is 6.09. The zero-order valence-electron chi connectivity index (χ0n) is 10.6. The van der Waals surface area contributed by atoms with Gasteiger partial charge in [-0.2, -0.15) is 0 Å². The Labute approximate surface area is 117 Å². The quantitative estimate of drug-likeness (QED) is 0.874. The van der Waals surface area contributed by atoms with Gasteiger partial charge in [-0.3, -0.25) is 0 Å². The summed E-state index contributed by atoms with van der Waals surface area (Å²) in [5, 5.41) is 13.7. The van der Waals surface area contributed by atoms with Crippen molar-refractivity contribution in [3.63, 3.8) is 0 Å². The zero-order chi connectivity index (χ0) is 13.2. The summed E-state index contributed by atoms with van der Waals surface area (Å²) < 4.78 is 10.6. The lowest BCUT2D eigenvalue weighted by molar-refractivity contribution is 0.174. The fraction of sp³-hybridized carbons (Fsp3) is 0.538. The van der Waals surface area contributed by atoms with Crippen LogP contribution in [0.2, 0.25) is 5.02 Å². The smallest absolute Gasteiger partial charge is 0.231 e. The van der Waals surface area contributed by atoms with Crippen molar-refractivity contribution in [2.24, 2.45) is 0 Å². The fourth-order valence-corrected chi connectivity index (χ4v) is 2.72. The molecule has 2 N–H and O–H groups in total. The highest BCUT2D eigenvalue weighted by Crippen LogP contribution is 2.46. The average Bonchev–Trinajstić information content (AvgIpc) is 2.91. The van der Waals surface area contributed by atoms with Crippen LogP contribution >= 0.6 is 11.6 Å². The molecule has 1 aromatic rings. The Morgan fingerprint density at radius 1 is 1.32 bits per heavy atom. The molecular weight excluding hydrogens is 268 g/mol. The molecule has 0 bridgehead atoms. The number of benzene rings is 1. The number of ether oxygens (including phenoxy) is 2. The van der Waals surface area contributed by atoms with Crippen molar-refractivity contribution in [2.75, 3.05) is 39.5 Å².